The Morgan fingerprint density at radius 1 is 1.26 bits per heavy atom. The Kier molecular flexibility index (Phi) is 4.76. The molecule has 2 rings (SSSR count). The standard InChI is InChI=1S/C14H14N2O2S/c1-17-11-2-4-12(5-3-11)18-9-7-14-16-10-13(19-14)6-8-15/h2-5,10H,6-7,9H2,1H3. The first kappa shape index (κ1) is 13.4. The third-order valence-corrected chi connectivity index (χ3v) is 3.56. The molecule has 0 fully saturated rings. The summed E-state index contributed by atoms with van der Waals surface area (Å²) in [6, 6.07) is 9.60. The predicted molar refractivity (Wildman–Crippen MR) is 73.6 cm³/mol. The minimum Gasteiger partial charge on any atom is -0.497 e. The van der Waals surface area contributed by atoms with Crippen molar-refractivity contribution in [3.05, 3.63) is 40.3 Å². The largest absolute Gasteiger partial charge is 0.497 e. The summed E-state index contributed by atoms with van der Waals surface area (Å²) in [7, 11) is 1.64. The second kappa shape index (κ2) is 6.76. The Balaban J connectivity index is 1.80. The second-order valence-electron chi connectivity index (χ2n) is 3.83. The lowest BCUT2D eigenvalue weighted by Crippen LogP contribution is -2.00. The van der Waals surface area contributed by atoms with Crippen molar-refractivity contribution in [1.82, 2.24) is 4.98 Å². The molecule has 0 spiro atoms. The zero-order chi connectivity index (χ0) is 13.5. The van der Waals surface area contributed by atoms with Gasteiger partial charge >= 0.3 is 0 Å². The van der Waals surface area contributed by atoms with Crippen LogP contribution in [-0.2, 0) is 12.8 Å². The molecular formula is C14H14N2O2S. The van der Waals surface area contributed by atoms with Crippen molar-refractivity contribution in [2.75, 3.05) is 13.7 Å². The van der Waals surface area contributed by atoms with Crippen LogP contribution in [0, 0.1) is 11.3 Å². The summed E-state index contributed by atoms with van der Waals surface area (Å²) in [6.07, 6.45) is 2.94. The lowest BCUT2D eigenvalue weighted by molar-refractivity contribution is 0.321. The van der Waals surface area contributed by atoms with Crippen molar-refractivity contribution < 1.29 is 9.47 Å². The van der Waals surface area contributed by atoms with E-state index >= 15 is 0 Å². The van der Waals surface area contributed by atoms with Gasteiger partial charge in [0.25, 0.3) is 0 Å². The minimum absolute atomic E-state index is 0.428. The maximum absolute atomic E-state index is 8.59. The molecule has 0 amide bonds. The fourth-order valence-corrected chi connectivity index (χ4v) is 2.39. The lowest BCUT2D eigenvalue weighted by atomic mass is 10.3. The number of nitriles is 1. The van der Waals surface area contributed by atoms with Gasteiger partial charge in [-0.25, -0.2) is 4.98 Å². The van der Waals surface area contributed by atoms with Gasteiger partial charge in [0.05, 0.1) is 31.2 Å². The number of nitrogens with zero attached hydrogens (tertiary/aromatic N) is 2. The summed E-state index contributed by atoms with van der Waals surface area (Å²) in [4.78, 5) is 5.26. The van der Waals surface area contributed by atoms with Gasteiger partial charge in [-0.2, -0.15) is 5.26 Å². The molecule has 0 atom stereocenters. The number of hydrogen-bond acceptors (Lipinski definition) is 5. The van der Waals surface area contributed by atoms with Crippen LogP contribution in [0.15, 0.2) is 30.5 Å². The van der Waals surface area contributed by atoms with Gasteiger partial charge in [-0.3, -0.25) is 0 Å². The molecular weight excluding hydrogens is 260 g/mol. The van der Waals surface area contributed by atoms with Crippen molar-refractivity contribution in [2.24, 2.45) is 0 Å². The van der Waals surface area contributed by atoms with E-state index in [0.717, 1.165) is 27.8 Å². The van der Waals surface area contributed by atoms with Gasteiger partial charge in [-0.1, -0.05) is 0 Å². The number of rotatable bonds is 6. The zero-order valence-electron chi connectivity index (χ0n) is 10.6. The molecule has 1 aromatic heterocycles. The minimum atomic E-state index is 0.428. The van der Waals surface area contributed by atoms with Crippen LogP contribution in [0.2, 0.25) is 0 Å². The Labute approximate surface area is 116 Å². The smallest absolute Gasteiger partial charge is 0.119 e. The fraction of sp³-hybridized carbons (Fsp3) is 0.286. The van der Waals surface area contributed by atoms with Gasteiger partial charge in [0, 0.05) is 17.5 Å². The van der Waals surface area contributed by atoms with E-state index in [1.807, 2.05) is 24.3 Å². The third kappa shape index (κ3) is 3.97. The number of ether oxygens (including phenoxy) is 2. The molecule has 0 radical (unpaired) electrons. The Morgan fingerprint density at radius 3 is 2.68 bits per heavy atom. The number of hydrogen-bond donors (Lipinski definition) is 0. The molecule has 0 saturated heterocycles. The van der Waals surface area contributed by atoms with E-state index in [-0.39, 0.29) is 0 Å². The van der Waals surface area contributed by atoms with Gasteiger partial charge in [-0.05, 0) is 24.3 Å². The van der Waals surface area contributed by atoms with Crippen molar-refractivity contribution in [2.45, 2.75) is 12.8 Å². The molecule has 0 aliphatic rings. The summed E-state index contributed by atoms with van der Waals surface area (Å²) in [5, 5.41) is 9.59. The first-order valence-corrected chi connectivity index (χ1v) is 6.71. The van der Waals surface area contributed by atoms with E-state index < -0.39 is 0 Å². The highest BCUT2D eigenvalue weighted by Crippen LogP contribution is 2.18. The van der Waals surface area contributed by atoms with Crippen LogP contribution in [0.4, 0.5) is 0 Å². The molecule has 1 aromatic carbocycles. The molecule has 0 aliphatic carbocycles. The predicted octanol–water partition coefficient (Wildman–Crippen LogP) is 2.84. The highest BCUT2D eigenvalue weighted by atomic mass is 32.1. The molecule has 0 saturated carbocycles. The van der Waals surface area contributed by atoms with E-state index in [4.69, 9.17) is 14.7 Å². The van der Waals surface area contributed by atoms with E-state index in [0.29, 0.717) is 13.0 Å². The first-order valence-electron chi connectivity index (χ1n) is 5.89. The molecule has 98 valence electrons. The molecule has 5 heteroatoms. The normalized spacial score (nSPS) is 9.89. The van der Waals surface area contributed by atoms with Gasteiger partial charge in [0.1, 0.15) is 11.5 Å². The number of aromatic nitrogens is 1. The van der Waals surface area contributed by atoms with Gasteiger partial charge < -0.3 is 9.47 Å². The summed E-state index contributed by atoms with van der Waals surface area (Å²) >= 11 is 1.57. The zero-order valence-corrected chi connectivity index (χ0v) is 11.4. The average molecular weight is 274 g/mol. The van der Waals surface area contributed by atoms with E-state index in [2.05, 4.69) is 11.1 Å². The van der Waals surface area contributed by atoms with Crippen LogP contribution in [0.5, 0.6) is 11.5 Å². The quantitative estimate of drug-likeness (QED) is 0.812. The number of methoxy groups -OCH3 is 1. The number of thiazole rings is 1. The average Bonchev–Trinajstić information content (AvgIpc) is 2.88. The molecule has 1 heterocycles. The second-order valence-corrected chi connectivity index (χ2v) is 5.03. The van der Waals surface area contributed by atoms with Crippen molar-refractivity contribution in [1.29, 1.82) is 5.26 Å². The highest BCUT2D eigenvalue weighted by Gasteiger charge is 2.02. The molecule has 0 aliphatic heterocycles. The van der Waals surface area contributed by atoms with Crippen molar-refractivity contribution >= 4 is 11.3 Å². The summed E-state index contributed by atoms with van der Waals surface area (Å²) in [6.45, 7) is 0.575. The summed E-state index contributed by atoms with van der Waals surface area (Å²) in [5.41, 5.74) is 0. The summed E-state index contributed by atoms with van der Waals surface area (Å²) < 4.78 is 10.7. The molecule has 0 N–H and O–H groups in total. The van der Waals surface area contributed by atoms with Crippen LogP contribution in [0.25, 0.3) is 0 Å². The third-order valence-electron chi connectivity index (χ3n) is 2.50. The monoisotopic (exact) mass is 274 g/mol. The Hall–Kier alpha value is -2.06. The van der Waals surface area contributed by atoms with Gasteiger partial charge in [0.15, 0.2) is 0 Å². The molecule has 19 heavy (non-hydrogen) atoms. The van der Waals surface area contributed by atoms with Gasteiger partial charge in [-0.15, -0.1) is 11.3 Å². The van der Waals surface area contributed by atoms with Crippen LogP contribution in [0.1, 0.15) is 9.88 Å². The maximum Gasteiger partial charge on any atom is 0.119 e. The SMILES string of the molecule is COc1ccc(OCCc2ncc(CC#N)s2)cc1. The van der Waals surface area contributed by atoms with E-state index in [9.17, 15) is 0 Å². The number of benzene rings is 1. The van der Waals surface area contributed by atoms with Crippen LogP contribution >= 0.6 is 11.3 Å². The highest BCUT2D eigenvalue weighted by molar-refractivity contribution is 7.11. The molecule has 0 bridgehead atoms. The molecule has 4 nitrogen and oxygen atoms in total. The maximum atomic E-state index is 8.59. The fourth-order valence-electron chi connectivity index (χ4n) is 1.55. The Morgan fingerprint density at radius 2 is 2.00 bits per heavy atom. The lowest BCUT2D eigenvalue weighted by Gasteiger charge is -2.05. The van der Waals surface area contributed by atoms with Crippen LogP contribution < -0.4 is 9.47 Å². The van der Waals surface area contributed by atoms with E-state index in [1.165, 1.54) is 0 Å². The van der Waals surface area contributed by atoms with Crippen LogP contribution in [0.3, 0.4) is 0 Å². The van der Waals surface area contributed by atoms with Crippen molar-refractivity contribution in [3.63, 3.8) is 0 Å². The van der Waals surface area contributed by atoms with Crippen molar-refractivity contribution in [3.8, 4) is 17.6 Å². The topological polar surface area (TPSA) is 55.1 Å². The summed E-state index contributed by atoms with van der Waals surface area (Å²) in [5.74, 6) is 1.63. The first-order chi connectivity index (χ1) is 9.31. The molecule has 2 aromatic rings. The molecule has 0 unspecified atom stereocenters. The Bertz CT molecular complexity index is 558. The van der Waals surface area contributed by atoms with Gasteiger partial charge in [0.2, 0.25) is 0 Å². The van der Waals surface area contributed by atoms with E-state index in [1.54, 1.807) is 24.6 Å². The van der Waals surface area contributed by atoms with Crippen LogP contribution in [-0.4, -0.2) is 18.7 Å².